The van der Waals surface area contributed by atoms with Crippen LogP contribution >= 0.6 is 0 Å². The Bertz CT molecular complexity index is 1010. The van der Waals surface area contributed by atoms with E-state index in [0.717, 1.165) is 4.90 Å². The molecule has 9 heteroatoms. The maximum atomic E-state index is 13.7. The predicted octanol–water partition coefficient (Wildman–Crippen LogP) is 2.00. The molecule has 4 rings (SSSR count). The fraction of sp³-hybridized carbons (Fsp3) is 0.250. The van der Waals surface area contributed by atoms with Gasteiger partial charge in [-0.15, -0.1) is 0 Å². The maximum absolute atomic E-state index is 13.7. The fourth-order valence-electron chi connectivity index (χ4n) is 3.29. The van der Waals surface area contributed by atoms with E-state index in [9.17, 15) is 18.8 Å². The van der Waals surface area contributed by atoms with E-state index in [1.54, 1.807) is 31.2 Å². The highest BCUT2D eigenvalue weighted by Crippen LogP contribution is 2.36. The van der Waals surface area contributed by atoms with E-state index < -0.39 is 35.7 Å². The molecular formula is C20H18FN3O5. The van der Waals surface area contributed by atoms with E-state index in [1.165, 1.54) is 18.2 Å². The molecule has 150 valence electrons. The van der Waals surface area contributed by atoms with Gasteiger partial charge in [0, 0.05) is 0 Å². The van der Waals surface area contributed by atoms with Gasteiger partial charge in [0.25, 0.3) is 5.91 Å². The molecule has 4 amide bonds. The van der Waals surface area contributed by atoms with Crippen molar-refractivity contribution in [3.63, 3.8) is 0 Å². The van der Waals surface area contributed by atoms with E-state index in [2.05, 4.69) is 10.6 Å². The Kier molecular flexibility index (Phi) is 4.57. The normalized spacial score (nSPS) is 20.4. The summed E-state index contributed by atoms with van der Waals surface area (Å²) in [6.45, 7) is 1.83. The molecule has 2 N–H and O–H groups in total. The maximum Gasteiger partial charge on any atom is 0.325 e. The largest absolute Gasteiger partial charge is 0.486 e. The number of imide groups is 1. The zero-order valence-corrected chi connectivity index (χ0v) is 15.5. The molecule has 1 fully saturated rings. The fourth-order valence-corrected chi connectivity index (χ4v) is 3.29. The number of nitrogens with zero attached hydrogens (tertiary/aromatic N) is 1. The van der Waals surface area contributed by atoms with Gasteiger partial charge in [0.15, 0.2) is 11.5 Å². The minimum Gasteiger partial charge on any atom is -0.486 e. The number of hydrogen-bond acceptors (Lipinski definition) is 5. The summed E-state index contributed by atoms with van der Waals surface area (Å²) in [5.41, 5.74) is -0.901. The lowest BCUT2D eigenvalue weighted by Crippen LogP contribution is -2.42. The third-order valence-electron chi connectivity index (χ3n) is 4.84. The molecule has 0 spiro atoms. The van der Waals surface area contributed by atoms with Gasteiger partial charge in [-0.3, -0.25) is 14.5 Å². The van der Waals surface area contributed by atoms with E-state index in [1.807, 2.05) is 0 Å². The Morgan fingerprint density at radius 1 is 1.17 bits per heavy atom. The Labute approximate surface area is 165 Å². The van der Waals surface area contributed by atoms with Crippen LogP contribution in [-0.2, 0) is 15.1 Å². The molecular weight excluding hydrogens is 381 g/mol. The third kappa shape index (κ3) is 3.35. The van der Waals surface area contributed by atoms with Gasteiger partial charge < -0.3 is 20.1 Å². The van der Waals surface area contributed by atoms with Crippen molar-refractivity contribution in [2.45, 2.75) is 12.5 Å². The standard InChI is InChI=1S/C20H18FN3O5/c1-20(12-6-7-15-16(10-12)29-9-8-28-15)18(26)24(19(27)23-20)11-17(25)22-14-5-3-2-4-13(14)21/h2-7,10H,8-9,11H2,1H3,(H,22,25)(H,23,27)/t20-/m0/s1. The minimum absolute atomic E-state index is 0.0286. The first-order chi connectivity index (χ1) is 13.9. The summed E-state index contributed by atoms with van der Waals surface area (Å²) in [6.07, 6.45) is 0. The number of urea groups is 1. The Balaban J connectivity index is 1.52. The molecule has 2 heterocycles. The van der Waals surface area contributed by atoms with E-state index >= 15 is 0 Å². The number of hydrogen-bond donors (Lipinski definition) is 2. The zero-order valence-electron chi connectivity index (χ0n) is 15.5. The quantitative estimate of drug-likeness (QED) is 0.767. The number of halogens is 1. The number of amides is 4. The van der Waals surface area contributed by atoms with Crippen LogP contribution in [0.15, 0.2) is 42.5 Å². The molecule has 1 atom stereocenters. The SMILES string of the molecule is C[C@@]1(c2ccc3c(c2)OCCO3)NC(=O)N(CC(=O)Nc2ccccc2F)C1=O. The molecule has 2 aliphatic rings. The molecule has 2 aromatic carbocycles. The number of para-hydroxylation sites is 1. The van der Waals surface area contributed by atoms with E-state index in [4.69, 9.17) is 9.47 Å². The molecule has 1 saturated heterocycles. The summed E-state index contributed by atoms with van der Waals surface area (Å²) in [5, 5.41) is 4.98. The number of carbonyl (C=O) groups is 3. The van der Waals surface area contributed by atoms with Gasteiger partial charge >= 0.3 is 6.03 Å². The van der Waals surface area contributed by atoms with Crippen molar-refractivity contribution in [3.05, 3.63) is 53.8 Å². The first-order valence-corrected chi connectivity index (χ1v) is 8.97. The topological polar surface area (TPSA) is 97.0 Å². The lowest BCUT2D eigenvalue weighted by atomic mass is 9.91. The lowest BCUT2D eigenvalue weighted by molar-refractivity contribution is -0.133. The summed E-state index contributed by atoms with van der Waals surface area (Å²) in [6, 6.07) is 9.88. The van der Waals surface area contributed by atoms with E-state index in [0.29, 0.717) is 30.3 Å². The van der Waals surface area contributed by atoms with Crippen LogP contribution in [0.4, 0.5) is 14.9 Å². The first-order valence-electron chi connectivity index (χ1n) is 8.97. The second-order valence-electron chi connectivity index (χ2n) is 6.83. The number of rotatable bonds is 4. The number of ether oxygens (including phenoxy) is 2. The van der Waals surface area contributed by atoms with Crippen molar-refractivity contribution in [1.29, 1.82) is 0 Å². The first kappa shape index (κ1) is 18.7. The molecule has 0 radical (unpaired) electrons. The average Bonchev–Trinajstić information content (AvgIpc) is 2.93. The van der Waals surface area contributed by atoms with Gasteiger partial charge in [-0.2, -0.15) is 0 Å². The Morgan fingerprint density at radius 2 is 1.90 bits per heavy atom. The number of nitrogens with one attached hydrogen (secondary N) is 2. The van der Waals surface area contributed by atoms with Gasteiger partial charge in [-0.1, -0.05) is 18.2 Å². The summed E-state index contributed by atoms with van der Waals surface area (Å²) in [5.74, 6) is -0.860. The summed E-state index contributed by atoms with van der Waals surface area (Å²) in [7, 11) is 0. The van der Waals surface area contributed by atoms with Crippen LogP contribution in [0.2, 0.25) is 0 Å². The van der Waals surface area contributed by atoms with Crippen LogP contribution in [0.1, 0.15) is 12.5 Å². The molecule has 29 heavy (non-hydrogen) atoms. The number of anilines is 1. The van der Waals surface area contributed by atoms with Crippen LogP contribution in [0.5, 0.6) is 11.5 Å². The van der Waals surface area contributed by atoms with Crippen molar-refractivity contribution < 1.29 is 28.2 Å². The molecule has 2 aromatic rings. The minimum atomic E-state index is -1.37. The lowest BCUT2D eigenvalue weighted by Gasteiger charge is -2.25. The van der Waals surface area contributed by atoms with Gasteiger partial charge in [0.2, 0.25) is 5.91 Å². The van der Waals surface area contributed by atoms with Crippen molar-refractivity contribution in [1.82, 2.24) is 10.2 Å². The van der Waals surface area contributed by atoms with E-state index in [-0.39, 0.29) is 5.69 Å². The van der Waals surface area contributed by atoms with Crippen molar-refractivity contribution in [2.75, 3.05) is 25.1 Å². The van der Waals surface area contributed by atoms with Gasteiger partial charge in [0.1, 0.15) is 31.1 Å². The molecule has 8 nitrogen and oxygen atoms in total. The highest BCUT2D eigenvalue weighted by molar-refractivity contribution is 6.10. The third-order valence-corrected chi connectivity index (χ3v) is 4.84. The number of benzene rings is 2. The summed E-state index contributed by atoms with van der Waals surface area (Å²) >= 11 is 0. The summed E-state index contributed by atoms with van der Waals surface area (Å²) < 4.78 is 24.7. The molecule has 2 aliphatic heterocycles. The van der Waals surface area contributed by atoms with Gasteiger partial charge in [-0.05, 0) is 36.8 Å². The second-order valence-corrected chi connectivity index (χ2v) is 6.83. The van der Waals surface area contributed by atoms with Crippen LogP contribution in [0.3, 0.4) is 0 Å². The Morgan fingerprint density at radius 3 is 2.66 bits per heavy atom. The second kappa shape index (κ2) is 7.08. The summed E-state index contributed by atoms with van der Waals surface area (Å²) in [4.78, 5) is 38.4. The van der Waals surface area contributed by atoms with Gasteiger partial charge in [-0.25, -0.2) is 9.18 Å². The molecule has 0 aromatic heterocycles. The van der Waals surface area contributed by atoms with Crippen LogP contribution in [0.25, 0.3) is 0 Å². The predicted molar refractivity (Wildman–Crippen MR) is 100 cm³/mol. The highest BCUT2D eigenvalue weighted by atomic mass is 19.1. The van der Waals surface area contributed by atoms with Crippen molar-refractivity contribution >= 4 is 23.5 Å². The molecule has 0 unspecified atom stereocenters. The van der Waals surface area contributed by atoms with Gasteiger partial charge in [0.05, 0.1) is 5.69 Å². The van der Waals surface area contributed by atoms with Crippen molar-refractivity contribution in [3.8, 4) is 11.5 Å². The number of carbonyl (C=O) groups excluding carboxylic acids is 3. The Hall–Kier alpha value is -3.62. The zero-order chi connectivity index (χ0) is 20.6. The average molecular weight is 399 g/mol. The smallest absolute Gasteiger partial charge is 0.325 e. The molecule has 0 bridgehead atoms. The highest BCUT2D eigenvalue weighted by Gasteiger charge is 2.49. The van der Waals surface area contributed by atoms with Crippen LogP contribution < -0.4 is 20.1 Å². The molecule has 0 saturated carbocycles. The monoisotopic (exact) mass is 399 g/mol. The van der Waals surface area contributed by atoms with Crippen LogP contribution in [0, 0.1) is 5.82 Å². The van der Waals surface area contributed by atoms with Crippen LogP contribution in [-0.4, -0.2) is 42.5 Å². The molecule has 0 aliphatic carbocycles. The number of fused-ring (bicyclic) bond motifs is 1. The van der Waals surface area contributed by atoms with Crippen molar-refractivity contribution in [2.24, 2.45) is 0 Å².